The van der Waals surface area contributed by atoms with Crippen molar-refractivity contribution in [2.75, 3.05) is 6.61 Å². The van der Waals surface area contributed by atoms with Crippen molar-refractivity contribution in [3.63, 3.8) is 0 Å². The second-order valence-electron chi connectivity index (χ2n) is 9.02. The Morgan fingerprint density at radius 2 is 1.79 bits per heavy atom. The number of hydrogen-bond donors (Lipinski definition) is 0. The Morgan fingerprint density at radius 1 is 1.06 bits per heavy atom. The second kappa shape index (κ2) is 8.78. The summed E-state index contributed by atoms with van der Waals surface area (Å²) < 4.78 is 12.3. The summed E-state index contributed by atoms with van der Waals surface area (Å²) >= 11 is 0. The Kier molecular flexibility index (Phi) is 5.65. The van der Waals surface area contributed by atoms with E-state index in [2.05, 4.69) is 25.4 Å². The number of hydrogen-bond acceptors (Lipinski definition) is 5. The average Bonchev–Trinajstić information content (AvgIpc) is 3.10. The number of imide groups is 1. The van der Waals surface area contributed by atoms with Crippen LogP contribution in [0.2, 0.25) is 0 Å². The molecule has 0 saturated carbocycles. The minimum Gasteiger partial charge on any atom is -0.491 e. The van der Waals surface area contributed by atoms with Gasteiger partial charge >= 0.3 is 0 Å². The first-order valence-electron chi connectivity index (χ1n) is 11.4. The van der Waals surface area contributed by atoms with E-state index in [-0.39, 0.29) is 36.5 Å². The maximum absolute atomic E-state index is 13.0. The molecule has 1 unspecified atom stereocenters. The van der Waals surface area contributed by atoms with Crippen LogP contribution in [0.25, 0.3) is 11.1 Å². The molecule has 2 amide bonds. The normalized spacial score (nSPS) is 17.0. The van der Waals surface area contributed by atoms with Gasteiger partial charge in [-0.15, -0.1) is 0 Å². The third kappa shape index (κ3) is 3.75. The molecule has 0 saturated heterocycles. The van der Waals surface area contributed by atoms with Crippen LogP contribution in [0.15, 0.2) is 73.6 Å². The molecule has 0 aliphatic carbocycles. The summed E-state index contributed by atoms with van der Waals surface area (Å²) in [4.78, 5) is 31.6. The van der Waals surface area contributed by atoms with E-state index in [0.717, 1.165) is 16.7 Å². The van der Waals surface area contributed by atoms with Gasteiger partial charge in [-0.05, 0) is 54.3 Å². The smallest absolute Gasteiger partial charge is 0.261 e. The SMILES string of the molecule is C=CC1Oc2cc(OC[C@H](CC(C)C)N3C(=O)c4ccccc4C3=O)ccc2-c2ccncc21. The molecule has 0 bridgehead atoms. The van der Waals surface area contributed by atoms with Crippen LogP contribution in [0.5, 0.6) is 11.5 Å². The molecular formula is C28H26N2O4. The summed E-state index contributed by atoms with van der Waals surface area (Å²) in [7, 11) is 0. The van der Waals surface area contributed by atoms with Crippen molar-refractivity contribution in [3.8, 4) is 22.6 Å². The molecule has 3 aromatic rings. The fourth-order valence-corrected chi connectivity index (χ4v) is 4.69. The maximum Gasteiger partial charge on any atom is 0.261 e. The number of aromatic nitrogens is 1. The van der Waals surface area contributed by atoms with E-state index in [1.165, 1.54) is 4.90 Å². The second-order valence-corrected chi connectivity index (χ2v) is 9.02. The van der Waals surface area contributed by atoms with Crippen LogP contribution < -0.4 is 9.47 Å². The minimum atomic E-state index is -0.378. The molecule has 2 aliphatic rings. The molecule has 0 radical (unpaired) electrons. The van der Waals surface area contributed by atoms with Gasteiger partial charge in [0.1, 0.15) is 24.2 Å². The van der Waals surface area contributed by atoms with Gasteiger partial charge < -0.3 is 9.47 Å². The van der Waals surface area contributed by atoms with Crippen molar-refractivity contribution in [1.29, 1.82) is 0 Å². The standard InChI is InChI=1S/C28H26N2O4/c1-4-25-24-15-29-12-11-20(24)21-10-9-19(14-26(21)34-25)33-16-18(13-17(2)3)30-27(31)22-7-5-6-8-23(22)28(30)32/h4-12,14-15,17-18,25H,1,13,16H2,2-3H3/t18-,25?/m0/s1. The molecule has 3 heterocycles. The molecule has 0 spiro atoms. The zero-order valence-corrected chi connectivity index (χ0v) is 19.2. The van der Waals surface area contributed by atoms with E-state index in [4.69, 9.17) is 9.47 Å². The van der Waals surface area contributed by atoms with Gasteiger partial charge in [0, 0.05) is 29.6 Å². The van der Waals surface area contributed by atoms with Crippen LogP contribution in [-0.2, 0) is 0 Å². The highest BCUT2D eigenvalue weighted by molar-refractivity contribution is 6.21. The van der Waals surface area contributed by atoms with Crippen LogP contribution >= 0.6 is 0 Å². The number of nitrogens with zero attached hydrogens (tertiary/aromatic N) is 2. The fraction of sp³-hybridized carbons (Fsp3) is 0.250. The highest BCUT2D eigenvalue weighted by Crippen LogP contribution is 2.43. The molecule has 5 rings (SSSR count). The van der Waals surface area contributed by atoms with Crippen molar-refractivity contribution < 1.29 is 19.1 Å². The topological polar surface area (TPSA) is 68.7 Å². The number of carbonyl (C=O) groups excluding carboxylic acids is 2. The molecule has 2 aromatic carbocycles. The van der Waals surface area contributed by atoms with E-state index in [1.807, 2.05) is 24.3 Å². The predicted molar refractivity (Wildman–Crippen MR) is 129 cm³/mol. The van der Waals surface area contributed by atoms with E-state index in [0.29, 0.717) is 29.0 Å². The quantitative estimate of drug-likeness (QED) is 0.350. The third-order valence-corrected chi connectivity index (χ3v) is 6.25. The summed E-state index contributed by atoms with van der Waals surface area (Å²) in [5.41, 5.74) is 3.89. The Bertz CT molecular complexity index is 1250. The van der Waals surface area contributed by atoms with Gasteiger partial charge in [0.15, 0.2) is 0 Å². The molecule has 0 N–H and O–H groups in total. The highest BCUT2D eigenvalue weighted by atomic mass is 16.5. The summed E-state index contributed by atoms with van der Waals surface area (Å²) in [6, 6.07) is 14.2. The first kappa shape index (κ1) is 21.9. The van der Waals surface area contributed by atoms with Crippen molar-refractivity contribution in [2.24, 2.45) is 5.92 Å². The lowest BCUT2D eigenvalue weighted by atomic mass is 9.94. The minimum absolute atomic E-state index is 0.202. The first-order valence-corrected chi connectivity index (χ1v) is 11.4. The predicted octanol–water partition coefficient (Wildman–Crippen LogP) is 5.46. The van der Waals surface area contributed by atoms with Gasteiger partial charge in [-0.25, -0.2) is 0 Å². The lowest BCUT2D eigenvalue weighted by Gasteiger charge is -2.29. The molecule has 0 fully saturated rings. The average molecular weight is 455 g/mol. The van der Waals surface area contributed by atoms with Gasteiger partial charge in [0.2, 0.25) is 0 Å². The van der Waals surface area contributed by atoms with E-state index < -0.39 is 0 Å². The highest BCUT2D eigenvalue weighted by Gasteiger charge is 2.40. The van der Waals surface area contributed by atoms with Crippen molar-refractivity contribution in [2.45, 2.75) is 32.4 Å². The van der Waals surface area contributed by atoms with E-state index >= 15 is 0 Å². The molecule has 6 heteroatoms. The van der Waals surface area contributed by atoms with Gasteiger partial charge in [0.25, 0.3) is 11.8 Å². The van der Waals surface area contributed by atoms with Gasteiger partial charge in [-0.1, -0.05) is 32.6 Å². The van der Waals surface area contributed by atoms with Crippen LogP contribution in [0.4, 0.5) is 0 Å². The number of fused-ring (bicyclic) bond motifs is 4. The molecule has 6 nitrogen and oxygen atoms in total. The Balaban J connectivity index is 1.39. The zero-order chi connectivity index (χ0) is 23.8. The van der Waals surface area contributed by atoms with Crippen LogP contribution in [0, 0.1) is 5.92 Å². The van der Waals surface area contributed by atoms with E-state index in [9.17, 15) is 9.59 Å². The summed E-state index contributed by atoms with van der Waals surface area (Å²) in [5, 5.41) is 0. The summed E-state index contributed by atoms with van der Waals surface area (Å²) in [5.74, 6) is 1.07. The van der Waals surface area contributed by atoms with Crippen LogP contribution in [-0.4, -0.2) is 34.3 Å². The number of ether oxygens (including phenoxy) is 2. The number of benzene rings is 2. The van der Waals surface area contributed by atoms with Crippen molar-refractivity contribution in [1.82, 2.24) is 9.88 Å². The largest absolute Gasteiger partial charge is 0.491 e. The molecule has 172 valence electrons. The van der Waals surface area contributed by atoms with Crippen LogP contribution in [0.1, 0.15) is 52.7 Å². The number of carbonyl (C=O) groups is 2. The summed E-state index contributed by atoms with van der Waals surface area (Å²) in [6.07, 6.45) is 5.66. The number of pyridine rings is 1. The van der Waals surface area contributed by atoms with Gasteiger partial charge in [-0.3, -0.25) is 19.5 Å². The van der Waals surface area contributed by atoms with Crippen molar-refractivity contribution in [3.05, 3.63) is 90.3 Å². The molecule has 2 atom stereocenters. The van der Waals surface area contributed by atoms with Crippen molar-refractivity contribution >= 4 is 11.8 Å². The Morgan fingerprint density at radius 3 is 2.47 bits per heavy atom. The third-order valence-electron chi connectivity index (χ3n) is 6.25. The number of rotatable bonds is 7. The maximum atomic E-state index is 13.0. The van der Waals surface area contributed by atoms with Crippen LogP contribution in [0.3, 0.4) is 0 Å². The lowest BCUT2D eigenvalue weighted by Crippen LogP contribution is -2.44. The Hall–Kier alpha value is -3.93. The van der Waals surface area contributed by atoms with Gasteiger partial charge in [-0.2, -0.15) is 0 Å². The van der Waals surface area contributed by atoms with Gasteiger partial charge in [0.05, 0.1) is 17.2 Å². The van der Waals surface area contributed by atoms with E-state index in [1.54, 1.807) is 42.7 Å². The lowest BCUT2D eigenvalue weighted by molar-refractivity contribution is 0.0507. The Labute approximate surface area is 198 Å². The zero-order valence-electron chi connectivity index (χ0n) is 19.2. The fourth-order valence-electron chi connectivity index (χ4n) is 4.69. The molecule has 2 aliphatic heterocycles. The molecule has 34 heavy (non-hydrogen) atoms. The number of amides is 2. The molecular weight excluding hydrogens is 428 g/mol. The summed E-state index contributed by atoms with van der Waals surface area (Å²) in [6.45, 7) is 8.23. The monoisotopic (exact) mass is 454 g/mol. The first-order chi connectivity index (χ1) is 16.5. The molecule has 1 aromatic heterocycles.